The fourth-order valence-corrected chi connectivity index (χ4v) is 4.65. The van der Waals surface area contributed by atoms with Crippen LogP contribution in [-0.2, 0) is 0 Å². The minimum Gasteiger partial charge on any atom is -0.444 e. The van der Waals surface area contributed by atoms with Crippen molar-refractivity contribution in [3.63, 3.8) is 0 Å². The molecule has 0 spiro atoms. The van der Waals surface area contributed by atoms with Crippen LogP contribution in [0.5, 0.6) is 0 Å². The number of nitrogens with one attached hydrogen (secondary N) is 1. The van der Waals surface area contributed by atoms with Crippen molar-refractivity contribution in [2.24, 2.45) is 0 Å². The fraction of sp³-hybridized carbons (Fsp3) is 0.400. The first-order valence-electron chi connectivity index (χ1n) is 12.3. The maximum atomic E-state index is 13.6. The molecule has 0 radical (unpaired) electrons. The third-order valence-corrected chi connectivity index (χ3v) is 6.71. The summed E-state index contributed by atoms with van der Waals surface area (Å²) in [7, 11) is 0. The van der Waals surface area contributed by atoms with Crippen molar-refractivity contribution in [1.29, 1.82) is 0 Å². The molecule has 198 valence electrons. The minimum absolute atomic E-state index is 0.0643. The Kier molecular flexibility index (Phi) is 5.94. The molecular weight excluding hydrogens is 500 g/mol. The number of aromatic nitrogens is 4. The number of aliphatic hydroxyl groups is 1. The second-order valence-electron chi connectivity index (χ2n) is 9.59. The summed E-state index contributed by atoms with van der Waals surface area (Å²) in [6, 6.07) is 5.34. The Hall–Kier alpha value is -4.13. The number of alkyl halides is 2. The van der Waals surface area contributed by atoms with Gasteiger partial charge in [0.2, 0.25) is 11.5 Å². The molecule has 0 aromatic carbocycles. The highest BCUT2D eigenvalue weighted by molar-refractivity contribution is 6.05. The van der Waals surface area contributed by atoms with Gasteiger partial charge < -0.3 is 29.1 Å². The number of halogens is 2. The number of nitrogens with zero attached hydrogens (tertiary/aromatic N) is 6. The summed E-state index contributed by atoms with van der Waals surface area (Å²) in [5, 5.41) is 12.9. The van der Waals surface area contributed by atoms with Crippen LogP contribution in [-0.4, -0.2) is 69.2 Å². The van der Waals surface area contributed by atoms with Gasteiger partial charge in [-0.2, -0.15) is 4.98 Å². The zero-order valence-corrected chi connectivity index (χ0v) is 20.5. The van der Waals surface area contributed by atoms with E-state index in [1.54, 1.807) is 29.3 Å². The first-order valence-corrected chi connectivity index (χ1v) is 12.3. The molecule has 0 aliphatic carbocycles. The van der Waals surface area contributed by atoms with E-state index < -0.39 is 17.9 Å². The molecule has 2 saturated heterocycles. The van der Waals surface area contributed by atoms with Gasteiger partial charge >= 0.3 is 0 Å². The van der Waals surface area contributed by atoms with Crippen molar-refractivity contribution < 1.29 is 27.5 Å². The van der Waals surface area contributed by atoms with Gasteiger partial charge in [0.25, 0.3) is 17.8 Å². The van der Waals surface area contributed by atoms with Crippen LogP contribution in [0.4, 0.5) is 26.3 Å². The maximum Gasteiger partial charge on any atom is 0.299 e. The highest BCUT2D eigenvalue weighted by atomic mass is 19.3. The molecule has 0 bridgehead atoms. The summed E-state index contributed by atoms with van der Waals surface area (Å²) in [4.78, 5) is 34.2. The van der Waals surface area contributed by atoms with Crippen molar-refractivity contribution in [2.75, 3.05) is 41.3 Å². The molecule has 13 heteroatoms. The summed E-state index contributed by atoms with van der Waals surface area (Å²) in [5.41, 5.74) is 2.46. The van der Waals surface area contributed by atoms with Crippen LogP contribution in [0.1, 0.15) is 35.4 Å². The lowest BCUT2D eigenvalue weighted by Crippen LogP contribution is -2.39. The lowest BCUT2D eigenvalue weighted by atomic mass is 10.1. The number of hydrogen-bond acceptors (Lipinski definition) is 10. The SMILES string of the molecule is Cc1cc(-c2nc(C(=O)Nc3cc4oc(N5CCC(F)(F)CC5)nc4nc3N3CCC(O)C3)co2)ccn1. The number of carbonyl (C=O) groups is 1. The van der Waals surface area contributed by atoms with E-state index in [0.717, 1.165) is 5.69 Å². The van der Waals surface area contributed by atoms with Crippen molar-refractivity contribution in [1.82, 2.24) is 19.9 Å². The van der Waals surface area contributed by atoms with E-state index in [9.17, 15) is 18.7 Å². The van der Waals surface area contributed by atoms with Gasteiger partial charge in [-0.3, -0.25) is 9.78 Å². The number of fused-ring (bicyclic) bond motifs is 1. The number of β-amino-alcohol motifs (C(OH)–C–C–N with tert-alkyl or cyclic N) is 1. The van der Waals surface area contributed by atoms with Crippen LogP contribution >= 0.6 is 0 Å². The van der Waals surface area contributed by atoms with E-state index in [1.807, 2.05) is 11.8 Å². The van der Waals surface area contributed by atoms with Gasteiger partial charge in [-0.05, 0) is 25.5 Å². The van der Waals surface area contributed by atoms with Gasteiger partial charge in [-0.1, -0.05) is 0 Å². The lowest BCUT2D eigenvalue weighted by Gasteiger charge is -2.30. The Morgan fingerprint density at radius 3 is 2.71 bits per heavy atom. The molecule has 1 amide bonds. The monoisotopic (exact) mass is 525 g/mol. The predicted molar refractivity (Wildman–Crippen MR) is 133 cm³/mol. The molecule has 2 aliphatic rings. The summed E-state index contributed by atoms with van der Waals surface area (Å²) < 4.78 is 38.6. The quantitative estimate of drug-likeness (QED) is 0.398. The molecular formula is C25H25F2N7O4. The summed E-state index contributed by atoms with van der Waals surface area (Å²) in [6.45, 7) is 2.93. The number of rotatable bonds is 5. The number of carbonyl (C=O) groups excluding carboxylic acids is 1. The molecule has 4 aromatic rings. The van der Waals surface area contributed by atoms with Crippen LogP contribution < -0.4 is 15.1 Å². The molecule has 11 nitrogen and oxygen atoms in total. The van der Waals surface area contributed by atoms with E-state index >= 15 is 0 Å². The first-order chi connectivity index (χ1) is 18.2. The van der Waals surface area contributed by atoms with Crippen molar-refractivity contribution in [3.05, 3.63) is 42.0 Å². The van der Waals surface area contributed by atoms with E-state index in [-0.39, 0.29) is 49.2 Å². The third kappa shape index (κ3) is 4.76. The molecule has 1 atom stereocenters. The second kappa shape index (κ2) is 9.31. The Bertz CT molecular complexity index is 1490. The third-order valence-electron chi connectivity index (χ3n) is 6.71. The average molecular weight is 526 g/mol. The highest BCUT2D eigenvalue weighted by Crippen LogP contribution is 2.35. The Balaban J connectivity index is 1.30. The maximum absolute atomic E-state index is 13.6. The Morgan fingerprint density at radius 1 is 1.16 bits per heavy atom. The van der Waals surface area contributed by atoms with Crippen LogP contribution in [0, 0.1) is 6.92 Å². The number of pyridine rings is 2. The highest BCUT2D eigenvalue weighted by Gasteiger charge is 2.36. The zero-order chi connectivity index (χ0) is 26.4. The molecule has 2 aliphatic heterocycles. The topological polar surface area (TPSA) is 134 Å². The predicted octanol–water partition coefficient (Wildman–Crippen LogP) is 3.64. The summed E-state index contributed by atoms with van der Waals surface area (Å²) >= 11 is 0. The Labute approximate surface area is 215 Å². The number of oxazole rings is 2. The van der Waals surface area contributed by atoms with Crippen molar-refractivity contribution >= 4 is 34.7 Å². The van der Waals surface area contributed by atoms with Gasteiger partial charge in [0.05, 0.1) is 11.8 Å². The number of aliphatic hydroxyl groups excluding tert-OH is 1. The number of aryl methyl sites for hydroxylation is 1. The standard InChI is InChI=1S/C25H25F2N7O4/c1-14-10-15(2-6-28-14)23-30-18(13-37-23)22(36)29-17-11-19-20(31-21(17)34-7-3-16(35)12-34)32-24(38-19)33-8-4-25(26,27)5-9-33/h2,6,10-11,13,16,35H,3-5,7-9,12H2,1H3,(H,29,36). The van der Waals surface area contributed by atoms with E-state index in [1.165, 1.54) is 6.26 Å². The molecule has 0 saturated carbocycles. The van der Waals surface area contributed by atoms with E-state index in [4.69, 9.17) is 8.83 Å². The molecule has 38 heavy (non-hydrogen) atoms. The lowest BCUT2D eigenvalue weighted by molar-refractivity contribution is -0.0226. The van der Waals surface area contributed by atoms with Crippen LogP contribution in [0.25, 0.3) is 22.7 Å². The number of piperidine rings is 1. The smallest absolute Gasteiger partial charge is 0.299 e. The molecule has 4 aromatic heterocycles. The van der Waals surface area contributed by atoms with Gasteiger partial charge in [0.1, 0.15) is 6.26 Å². The summed E-state index contributed by atoms with van der Waals surface area (Å²) in [5.74, 6) is -2.52. The van der Waals surface area contributed by atoms with Gasteiger partial charge in [0.15, 0.2) is 17.1 Å². The van der Waals surface area contributed by atoms with Crippen molar-refractivity contribution in [3.8, 4) is 11.5 Å². The number of amides is 1. The van der Waals surface area contributed by atoms with Crippen LogP contribution in [0.2, 0.25) is 0 Å². The van der Waals surface area contributed by atoms with Gasteiger partial charge in [0, 0.05) is 62.5 Å². The van der Waals surface area contributed by atoms with Gasteiger partial charge in [-0.25, -0.2) is 18.7 Å². The van der Waals surface area contributed by atoms with Crippen LogP contribution in [0.15, 0.2) is 39.5 Å². The molecule has 2 fully saturated rings. The van der Waals surface area contributed by atoms with E-state index in [2.05, 4.69) is 25.3 Å². The second-order valence-corrected chi connectivity index (χ2v) is 9.59. The number of hydrogen-bond donors (Lipinski definition) is 2. The normalized spacial score (nSPS) is 19.3. The van der Waals surface area contributed by atoms with E-state index in [0.29, 0.717) is 42.2 Å². The largest absolute Gasteiger partial charge is 0.444 e. The molecule has 2 N–H and O–H groups in total. The first kappa shape index (κ1) is 24.2. The number of anilines is 3. The van der Waals surface area contributed by atoms with Gasteiger partial charge in [-0.15, -0.1) is 0 Å². The fourth-order valence-electron chi connectivity index (χ4n) is 4.65. The molecule has 6 rings (SSSR count). The average Bonchev–Trinajstić information content (AvgIpc) is 3.63. The van der Waals surface area contributed by atoms with Crippen LogP contribution in [0.3, 0.4) is 0 Å². The molecule has 6 heterocycles. The summed E-state index contributed by atoms with van der Waals surface area (Å²) in [6.07, 6.45) is 2.36. The van der Waals surface area contributed by atoms with Crippen molar-refractivity contribution in [2.45, 2.75) is 38.2 Å². The Morgan fingerprint density at radius 2 is 1.97 bits per heavy atom. The zero-order valence-electron chi connectivity index (χ0n) is 20.5. The molecule has 1 unspecified atom stereocenters. The minimum atomic E-state index is -2.70.